The Labute approximate surface area is 206 Å². The lowest BCUT2D eigenvalue weighted by Crippen LogP contribution is -2.35. The minimum Gasteiger partial charge on any atom is -0.491 e. The summed E-state index contributed by atoms with van der Waals surface area (Å²) in [6.45, 7) is 3.17. The van der Waals surface area contributed by atoms with Gasteiger partial charge in [-0.05, 0) is 36.4 Å². The fraction of sp³-hybridized carbons (Fsp3) is 0.391. The van der Waals surface area contributed by atoms with Crippen molar-refractivity contribution < 1.29 is 14.2 Å². The van der Waals surface area contributed by atoms with E-state index < -0.39 is 5.79 Å². The molecule has 0 bridgehead atoms. The molecule has 7 nitrogen and oxygen atoms in total. The molecule has 0 radical (unpaired) electrons. The maximum Gasteiger partial charge on any atom is 0.217 e. The molecule has 0 aliphatic carbocycles. The molecule has 0 spiro atoms. The zero-order valence-corrected chi connectivity index (χ0v) is 20.2. The van der Waals surface area contributed by atoms with Gasteiger partial charge in [-0.25, -0.2) is 9.67 Å². The molecule has 3 heterocycles. The second-order valence-electron chi connectivity index (χ2n) is 7.93. The number of thioether (sulfide) groups is 1. The number of rotatable bonds is 7. The van der Waals surface area contributed by atoms with Crippen LogP contribution in [0.2, 0.25) is 10.0 Å². The van der Waals surface area contributed by atoms with Crippen molar-refractivity contribution >= 4 is 40.7 Å². The Balaban J connectivity index is 1.26. The van der Waals surface area contributed by atoms with Gasteiger partial charge in [0.1, 0.15) is 37.7 Å². The van der Waals surface area contributed by atoms with Crippen molar-refractivity contribution in [1.82, 2.24) is 14.8 Å². The average Bonchev–Trinajstić information content (AvgIpc) is 3.49. The van der Waals surface area contributed by atoms with Crippen molar-refractivity contribution in [2.45, 2.75) is 18.4 Å². The third-order valence-corrected chi connectivity index (χ3v) is 7.18. The lowest BCUT2D eigenvalue weighted by atomic mass is 10.1. The highest BCUT2D eigenvalue weighted by atomic mass is 35.5. The summed E-state index contributed by atoms with van der Waals surface area (Å²) < 4.78 is 20.3. The van der Waals surface area contributed by atoms with E-state index in [1.54, 1.807) is 23.1 Å². The van der Waals surface area contributed by atoms with E-state index in [1.165, 1.54) is 23.5 Å². The molecule has 2 saturated heterocycles. The van der Waals surface area contributed by atoms with Gasteiger partial charge in [-0.3, -0.25) is 0 Å². The Bertz CT molecular complexity index is 1060. The Kier molecular flexibility index (Phi) is 6.99. The molecule has 2 aromatic carbocycles. The van der Waals surface area contributed by atoms with Crippen LogP contribution in [-0.2, 0) is 21.8 Å². The third kappa shape index (κ3) is 5.25. The van der Waals surface area contributed by atoms with Gasteiger partial charge in [-0.1, -0.05) is 29.3 Å². The average molecular weight is 507 g/mol. The van der Waals surface area contributed by atoms with Crippen LogP contribution in [0.1, 0.15) is 5.56 Å². The molecule has 0 saturated carbocycles. The molecule has 0 amide bonds. The van der Waals surface area contributed by atoms with Crippen LogP contribution >= 0.6 is 35.0 Å². The molecule has 0 unspecified atom stereocenters. The zero-order valence-electron chi connectivity index (χ0n) is 17.9. The monoisotopic (exact) mass is 506 g/mol. The zero-order chi connectivity index (χ0) is 22.7. The van der Waals surface area contributed by atoms with Crippen LogP contribution in [0.4, 0.5) is 5.69 Å². The SMILES string of the molecule is Clc1ccc([C@]2(Cn3cncn3)OC[C@@H](COc3ccc(N4CCSCC4)cc3)O2)c(Cl)c1. The van der Waals surface area contributed by atoms with Crippen molar-refractivity contribution in [3.05, 3.63) is 70.7 Å². The molecule has 2 fully saturated rings. The fourth-order valence-corrected chi connectivity index (χ4v) is 5.50. The topological polar surface area (TPSA) is 61.6 Å². The minimum atomic E-state index is -1.11. The summed E-state index contributed by atoms with van der Waals surface area (Å²) in [7, 11) is 0. The number of aromatic nitrogens is 3. The van der Waals surface area contributed by atoms with Crippen molar-refractivity contribution in [1.29, 1.82) is 0 Å². The van der Waals surface area contributed by atoms with Gasteiger partial charge in [0.25, 0.3) is 0 Å². The van der Waals surface area contributed by atoms with Gasteiger partial charge < -0.3 is 19.1 Å². The summed E-state index contributed by atoms with van der Waals surface area (Å²) in [4.78, 5) is 6.42. The Morgan fingerprint density at radius 2 is 1.94 bits per heavy atom. The van der Waals surface area contributed by atoms with Gasteiger partial charge in [0.15, 0.2) is 0 Å². The van der Waals surface area contributed by atoms with E-state index in [-0.39, 0.29) is 6.10 Å². The highest BCUT2D eigenvalue weighted by Gasteiger charge is 2.45. The van der Waals surface area contributed by atoms with Gasteiger partial charge in [-0.15, -0.1) is 0 Å². The number of ether oxygens (including phenoxy) is 3. The summed E-state index contributed by atoms with van der Waals surface area (Å²) in [5, 5.41) is 5.22. The summed E-state index contributed by atoms with van der Waals surface area (Å²) in [5.74, 6) is 2.03. The van der Waals surface area contributed by atoms with Gasteiger partial charge in [0.05, 0.1) is 11.6 Å². The first kappa shape index (κ1) is 22.8. The highest BCUT2D eigenvalue weighted by Crippen LogP contribution is 2.40. The first-order valence-electron chi connectivity index (χ1n) is 10.8. The number of benzene rings is 2. The second kappa shape index (κ2) is 10.1. The van der Waals surface area contributed by atoms with Crippen LogP contribution in [0.3, 0.4) is 0 Å². The molecule has 5 rings (SSSR count). The van der Waals surface area contributed by atoms with E-state index in [9.17, 15) is 0 Å². The molecule has 10 heteroatoms. The first-order valence-corrected chi connectivity index (χ1v) is 12.7. The summed E-state index contributed by atoms with van der Waals surface area (Å²) in [6.07, 6.45) is 2.81. The largest absolute Gasteiger partial charge is 0.491 e. The lowest BCUT2D eigenvalue weighted by Gasteiger charge is -2.29. The van der Waals surface area contributed by atoms with Crippen LogP contribution < -0.4 is 9.64 Å². The Morgan fingerprint density at radius 1 is 1.12 bits per heavy atom. The molecule has 1 aromatic heterocycles. The number of hydrogen-bond donors (Lipinski definition) is 0. The fourth-order valence-electron chi connectivity index (χ4n) is 4.05. The van der Waals surface area contributed by atoms with Gasteiger partial charge in [0, 0.05) is 40.9 Å². The highest BCUT2D eigenvalue weighted by molar-refractivity contribution is 7.99. The number of nitrogens with zero attached hydrogens (tertiary/aromatic N) is 4. The van der Waals surface area contributed by atoms with Crippen molar-refractivity contribution in [3.8, 4) is 5.75 Å². The summed E-state index contributed by atoms with van der Waals surface area (Å²) in [5.41, 5.74) is 1.92. The molecule has 2 atom stereocenters. The van der Waals surface area contributed by atoms with E-state index in [1.807, 2.05) is 30.0 Å². The second-order valence-corrected chi connectivity index (χ2v) is 9.99. The normalized spacial score (nSPS) is 23.1. The van der Waals surface area contributed by atoms with Crippen molar-refractivity contribution in [2.75, 3.05) is 42.7 Å². The standard InChI is InChI=1S/C23H24Cl2N4O3S/c24-17-1-6-21(22(25)11-17)23(14-29-16-26-15-27-29)31-13-20(32-23)12-30-19-4-2-18(3-5-19)28-7-9-33-10-8-28/h1-6,11,15-16,20H,7-10,12-14H2/t20-,23-/m1/s1. The molecule has 3 aromatic rings. The van der Waals surface area contributed by atoms with Crippen LogP contribution in [-0.4, -0.2) is 58.7 Å². The predicted octanol–water partition coefficient (Wildman–Crippen LogP) is 4.49. The summed E-state index contributed by atoms with van der Waals surface area (Å²) >= 11 is 14.6. The van der Waals surface area contributed by atoms with E-state index >= 15 is 0 Å². The van der Waals surface area contributed by atoms with E-state index in [0.29, 0.717) is 35.4 Å². The smallest absolute Gasteiger partial charge is 0.217 e. The first-order chi connectivity index (χ1) is 16.1. The third-order valence-electron chi connectivity index (χ3n) is 5.69. The van der Waals surface area contributed by atoms with Gasteiger partial charge >= 0.3 is 0 Å². The van der Waals surface area contributed by atoms with Crippen molar-refractivity contribution in [2.24, 2.45) is 0 Å². The number of hydrogen-bond acceptors (Lipinski definition) is 7. The van der Waals surface area contributed by atoms with Crippen LogP contribution in [0.25, 0.3) is 0 Å². The molecule has 2 aliphatic heterocycles. The maximum atomic E-state index is 6.51. The molecule has 174 valence electrons. The predicted molar refractivity (Wildman–Crippen MR) is 130 cm³/mol. The lowest BCUT2D eigenvalue weighted by molar-refractivity contribution is -0.190. The van der Waals surface area contributed by atoms with Gasteiger partial charge in [0.2, 0.25) is 5.79 Å². The molecule has 33 heavy (non-hydrogen) atoms. The minimum absolute atomic E-state index is 0.279. The van der Waals surface area contributed by atoms with E-state index in [0.717, 1.165) is 18.8 Å². The van der Waals surface area contributed by atoms with Crippen LogP contribution in [0.15, 0.2) is 55.1 Å². The number of halogens is 2. The summed E-state index contributed by atoms with van der Waals surface area (Å²) in [6, 6.07) is 13.5. The van der Waals surface area contributed by atoms with Gasteiger partial charge in [-0.2, -0.15) is 16.9 Å². The number of anilines is 1. The molecule has 2 aliphatic rings. The quantitative estimate of drug-likeness (QED) is 0.467. The Morgan fingerprint density at radius 3 is 2.67 bits per heavy atom. The van der Waals surface area contributed by atoms with Crippen LogP contribution in [0.5, 0.6) is 5.75 Å². The maximum absolute atomic E-state index is 6.51. The Hall–Kier alpha value is -1.97. The van der Waals surface area contributed by atoms with Crippen molar-refractivity contribution in [3.63, 3.8) is 0 Å². The van der Waals surface area contributed by atoms with Crippen LogP contribution in [0, 0.1) is 0 Å². The molecular weight excluding hydrogens is 483 g/mol. The van der Waals surface area contributed by atoms with E-state index in [2.05, 4.69) is 27.1 Å². The van der Waals surface area contributed by atoms with E-state index in [4.69, 9.17) is 37.4 Å². The molecular formula is C23H24Cl2N4O3S. The molecule has 0 N–H and O–H groups in total.